The summed E-state index contributed by atoms with van der Waals surface area (Å²) in [6.45, 7) is 0.934. The highest BCUT2D eigenvalue weighted by molar-refractivity contribution is 5.82. The Bertz CT molecular complexity index is 545. The van der Waals surface area contributed by atoms with Gasteiger partial charge in [0.25, 0.3) is 5.69 Å². The van der Waals surface area contributed by atoms with Gasteiger partial charge in [0.1, 0.15) is 0 Å². The van der Waals surface area contributed by atoms with Crippen molar-refractivity contribution in [3.05, 3.63) is 33.9 Å². The molecule has 1 fully saturated rings. The molecule has 0 bridgehead atoms. The van der Waals surface area contributed by atoms with Crippen molar-refractivity contribution >= 4 is 17.3 Å². The van der Waals surface area contributed by atoms with Crippen molar-refractivity contribution in [1.29, 1.82) is 0 Å². The van der Waals surface area contributed by atoms with Crippen molar-refractivity contribution in [2.45, 2.75) is 12.8 Å². The Morgan fingerprint density at radius 1 is 1.35 bits per heavy atom. The number of nitrogens with one attached hydrogen (secondary N) is 1. The van der Waals surface area contributed by atoms with Crippen LogP contribution in [-0.2, 0) is 4.79 Å². The van der Waals surface area contributed by atoms with E-state index in [2.05, 4.69) is 5.32 Å². The molecule has 0 spiro atoms. The molecule has 0 radical (unpaired) electrons. The van der Waals surface area contributed by atoms with Crippen molar-refractivity contribution in [3.63, 3.8) is 0 Å². The number of nitro groups is 1. The number of rotatable bonds is 4. The molecule has 6 nitrogen and oxygen atoms in total. The zero-order valence-electron chi connectivity index (χ0n) is 10.6. The summed E-state index contributed by atoms with van der Waals surface area (Å²) in [6.07, 6.45) is 1.81. The molecule has 8 heteroatoms. The van der Waals surface area contributed by atoms with Gasteiger partial charge in [-0.3, -0.25) is 14.9 Å². The lowest BCUT2D eigenvalue weighted by molar-refractivity contribution is -0.384. The fourth-order valence-corrected chi connectivity index (χ4v) is 2.10. The van der Waals surface area contributed by atoms with Crippen LogP contribution >= 0.6 is 0 Å². The fourth-order valence-electron chi connectivity index (χ4n) is 2.10. The van der Waals surface area contributed by atoms with Gasteiger partial charge in [0, 0.05) is 19.2 Å². The van der Waals surface area contributed by atoms with Gasteiger partial charge < -0.3 is 10.2 Å². The Kier molecular flexibility index (Phi) is 4.11. The Balaban J connectivity index is 2.13. The maximum atomic E-state index is 13.6. The molecule has 0 unspecified atom stereocenters. The molecule has 0 aliphatic carbocycles. The standard InChI is InChI=1S/C12H13F2N3O3/c13-8-3-4-9(17(19)20)12(11(8)14)15-7-10(18)16-5-1-2-6-16/h3-4,15H,1-2,5-7H2. The van der Waals surface area contributed by atoms with Crippen LogP contribution in [0.4, 0.5) is 20.2 Å². The fraction of sp³-hybridized carbons (Fsp3) is 0.417. The zero-order chi connectivity index (χ0) is 14.7. The minimum atomic E-state index is -1.35. The summed E-state index contributed by atoms with van der Waals surface area (Å²) in [7, 11) is 0. The number of carbonyl (C=O) groups is 1. The summed E-state index contributed by atoms with van der Waals surface area (Å²) in [5, 5.41) is 13.1. The monoisotopic (exact) mass is 285 g/mol. The number of likely N-dealkylation sites (tertiary alicyclic amines) is 1. The first-order valence-electron chi connectivity index (χ1n) is 6.14. The molecule has 108 valence electrons. The second-order valence-corrected chi connectivity index (χ2v) is 4.45. The Hall–Kier alpha value is -2.25. The van der Waals surface area contributed by atoms with E-state index in [0.717, 1.165) is 18.9 Å². The van der Waals surface area contributed by atoms with Gasteiger partial charge in [0.2, 0.25) is 5.91 Å². The normalized spacial score (nSPS) is 14.4. The molecule has 1 heterocycles. The van der Waals surface area contributed by atoms with Gasteiger partial charge in [0.05, 0.1) is 11.5 Å². The third-order valence-corrected chi connectivity index (χ3v) is 3.14. The summed E-state index contributed by atoms with van der Waals surface area (Å²) in [6, 6.07) is 1.54. The molecule has 1 amide bonds. The molecule has 1 aromatic carbocycles. The number of halogens is 2. The summed E-state index contributed by atoms with van der Waals surface area (Å²) >= 11 is 0. The van der Waals surface area contributed by atoms with Crippen LogP contribution in [0.5, 0.6) is 0 Å². The lowest BCUT2D eigenvalue weighted by atomic mass is 10.2. The van der Waals surface area contributed by atoms with Crippen molar-refractivity contribution in [1.82, 2.24) is 4.90 Å². The highest BCUT2D eigenvalue weighted by Gasteiger charge is 2.23. The first kappa shape index (κ1) is 14.2. The maximum absolute atomic E-state index is 13.6. The summed E-state index contributed by atoms with van der Waals surface area (Å²) < 4.78 is 26.7. The van der Waals surface area contributed by atoms with E-state index in [-0.39, 0.29) is 12.5 Å². The number of hydrogen-bond donors (Lipinski definition) is 1. The summed E-state index contributed by atoms with van der Waals surface area (Å²) in [5.74, 6) is -2.85. The van der Waals surface area contributed by atoms with Gasteiger partial charge in [-0.25, -0.2) is 8.78 Å². The maximum Gasteiger partial charge on any atom is 0.295 e. The predicted octanol–water partition coefficient (Wildman–Crippen LogP) is 1.91. The molecule has 20 heavy (non-hydrogen) atoms. The molecular weight excluding hydrogens is 272 g/mol. The average molecular weight is 285 g/mol. The molecule has 1 N–H and O–H groups in total. The third kappa shape index (κ3) is 2.84. The lowest BCUT2D eigenvalue weighted by Crippen LogP contribution is -2.33. The van der Waals surface area contributed by atoms with E-state index in [1.165, 1.54) is 0 Å². The van der Waals surface area contributed by atoms with Crippen LogP contribution in [0.25, 0.3) is 0 Å². The Labute approximate surface area is 113 Å². The SMILES string of the molecule is O=C(CNc1c([N+](=O)[O-])ccc(F)c1F)N1CCCC1. The molecule has 0 atom stereocenters. The number of amides is 1. The highest BCUT2D eigenvalue weighted by Crippen LogP contribution is 2.28. The van der Waals surface area contributed by atoms with Crippen molar-refractivity contribution in [2.75, 3.05) is 25.0 Å². The predicted molar refractivity (Wildman–Crippen MR) is 67.3 cm³/mol. The van der Waals surface area contributed by atoms with Crippen LogP contribution in [0, 0.1) is 21.7 Å². The second kappa shape index (κ2) is 5.81. The molecule has 1 saturated heterocycles. The van der Waals surface area contributed by atoms with Crippen molar-refractivity contribution < 1.29 is 18.5 Å². The van der Waals surface area contributed by atoms with E-state index in [1.807, 2.05) is 0 Å². The number of nitrogens with zero attached hydrogens (tertiary/aromatic N) is 2. The van der Waals surface area contributed by atoms with E-state index < -0.39 is 27.9 Å². The Morgan fingerprint density at radius 2 is 2.00 bits per heavy atom. The van der Waals surface area contributed by atoms with Crippen molar-refractivity contribution in [2.24, 2.45) is 0 Å². The van der Waals surface area contributed by atoms with Gasteiger partial charge in [-0.2, -0.15) is 0 Å². The lowest BCUT2D eigenvalue weighted by Gasteiger charge is -2.16. The molecule has 2 rings (SSSR count). The van der Waals surface area contributed by atoms with E-state index in [1.54, 1.807) is 4.90 Å². The molecular formula is C12H13F2N3O3. The molecule has 0 saturated carbocycles. The quantitative estimate of drug-likeness (QED) is 0.677. The largest absolute Gasteiger partial charge is 0.368 e. The molecule has 0 aromatic heterocycles. The number of benzene rings is 1. The van der Waals surface area contributed by atoms with Crippen LogP contribution in [0.3, 0.4) is 0 Å². The highest BCUT2D eigenvalue weighted by atomic mass is 19.2. The molecule has 1 aliphatic rings. The van der Waals surface area contributed by atoms with E-state index in [0.29, 0.717) is 19.2 Å². The number of hydrogen-bond acceptors (Lipinski definition) is 4. The van der Waals surface area contributed by atoms with Gasteiger partial charge in [-0.15, -0.1) is 0 Å². The average Bonchev–Trinajstić information content (AvgIpc) is 2.93. The molecule has 1 aromatic rings. The third-order valence-electron chi connectivity index (χ3n) is 3.14. The smallest absolute Gasteiger partial charge is 0.295 e. The van der Waals surface area contributed by atoms with Crippen LogP contribution in [0.15, 0.2) is 12.1 Å². The summed E-state index contributed by atoms with van der Waals surface area (Å²) in [5.41, 5.74) is -1.19. The van der Waals surface area contributed by atoms with Crippen LogP contribution < -0.4 is 5.32 Å². The minimum Gasteiger partial charge on any atom is -0.368 e. The number of anilines is 1. The van der Waals surface area contributed by atoms with Gasteiger partial charge in [0.15, 0.2) is 17.3 Å². The van der Waals surface area contributed by atoms with E-state index >= 15 is 0 Å². The number of carbonyl (C=O) groups excluding carboxylic acids is 1. The number of nitro benzene ring substituents is 1. The molecule has 1 aliphatic heterocycles. The first-order chi connectivity index (χ1) is 9.50. The van der Waals surface area contributed by atoms with E-state index in [4.69, 9.17) is 0 Å². The van der Waals surface area contributed by atoms with Gasteiger partial charge in [-0.1, -0.05) is 0 Å². The van der Waals surface area contributed by atoms with E-state index in [9.17, 15) is 23.7 Å². The van der Waals surface area contributed by atoms with Gasteiger partial charge >= 0.3 is 0 Å². The summed E-state index contributed by atoms with van der Waals surface area (Å²) in [4.78, 5) is 23.3. The van der Waals surface area contributed by atoms with Crippen LogP contribution in [-0.4, -0.2) is 35.4 Å². The van der Waals surface area contributed by atoms with Crippen molar-refractivity contribution in [3.8, 4) is 0 Å². The zero-order valence-corrected chi connectivity index (χ0v) is 10.6. The van der Waals surface area contributed by atoms with Crippen LogP contribution in [0.1, 0.15) is 12.8 Å². The topological polar surface area (TPSA) is 75.5 Å². The Morgan fingerprint density at radius 3 is 2.60 bits per heavy atom. The van der Waals surface area contributed by atoms with Gasteiger partial charge in [-0.05, 0) is 18.9 Å². The minimum absolute atomic E-state index is 0.291. The second-order valence-electron chi connectivity index (χ2n) is 4.45. The first-order valence-corrected chi connectivity index (χ1v) is 6.14. The van der Waals surface area contributed by atoms with Crippen LogP contribution in [0.2, 0.25) is 0 Å².